The van der Waals surface area contributed by atoms with E-state index in [4.69, 9.17) is 4.74 Å². The molecule has 0 atom stereocenters. The summed E-state index contributed by atoms with van der Waals surface area (Å²) in [6.45, 7) is 4.18. The van der Waals surface area contributed by atoms with E-state index in [1.807, 2.05) is 48.5 Å². The van der Waals surface area contributed by atoms with Crippen LogP contribution in [0.2, 0.25) is 0 Å². The number of ether oxygens (including phenoxy) is 1. The normalized spacial score (nSPS) is 11.1. The Bertz CT molecular complexity index is 886. The van der Waals surface area contributed by atoms with E-state index in [9.17, 15) is 4.79 Å². The Balaban J connectivity index is 2.27. The monoisotopic (exact) mass is 326 g/mol. The largest absolute Gasteiger partial charge is 0.497 e. The van der Waals surface area contributed by atoms with Crippen LogP contribution in [-0.2, 0) is 0 Å². The van der Waals surface area contributed by atoms with E-state index in [0.29, 0.717) is 15.8 Å². The zero-order valence-electron chi connectivity index (χ0n) is 13.3. The Kier molecular flexibility index (Phi) is 4.39. The number of methoxy groups -OCH3 is 1. The van der Waals surface area contributed by atoms with Crippen molar-refractivity contribution in [1.29, 1.82) is 0 Å². The fourth-order valence-corrected chi connectivity index (χ4v) is 3.23. The molecule has 1 aromatic heterocycles. The summed E-state index contributed by atoms with van der Waals surface area (Å²) in [5.41, 5.74) is 1.46. The average Bonchev–Trinajstić information content (AvgIpc) is 2.55. The molecule has 0 aliphatic carbocycles. The summed E-state index contributed by atoms with van der Waals surface area (Å²) >= 11 is 1.58. The van der Waals surface area contributed by atoms with Crippen LogP contribution in [0.25, 0.3) is 16.6 Å². The van der Waals surface area contributed by atoms with Gasteiger partial charge in [-0.2, -0.15) is 0 Å². The Labute approximate surface area is 139 Å². The van der Waals surface area contributed by atoms with Crippen molar-refractivity contribution in [2.75, 3.05) is 7.11 Å². The van der Waals surface area contributed by atoms with Gasteiger partial charge in [-0.1, -0.05) is 37.7 Å². The number of hydrogen-bond acceptors (Lipinski definition) is 4. The fraction of sp³-hybridized carbons (Fsp3) is 0.222. The van der Waals surface area contributed by atoms with Gasteiger partial charge < -0.3 is 4.74 Å². The van der Waals surface area contributed by atoms with Crippen molar-refractivity contribution in [3.05, 3.63) is 58.9 Å². The third-order valence-corrected chi connectivity index (χ3v) is 4.37. The zero-order chi connectivity index (χ0) is 16.4. The first-order chi connectivity index (χ1) is 11.1. The van der Waals surface area contributed by atoms with Crippen LogP contribution in [-0.4, -0.2) is 21.9 Å². The van der Waals surface area contributed by atoms with Gasteiger partial charge in [-0.25, -0.2) is 4.98 Å². The number of rotatable bonds is 4. The summed E-state index contributed by atoms with van der Waals surface area (Å²) in [5.74, 6) is 0.758. The molecule has 118 valence electrons. The minimum atomic E-state index is -0.0519. The lowest BCUT2D eigenvalue weighted by atomic mass is 10.2. The summed E-state index contributed by atoms with van der Waals surface area (Å²) in [6, 6.07) is 14.9. The molecule has 0 spiro atoms. The highest BCUT2D eigenvalue weighted by molar-refractivity contribution is 7.99. The van der Waals surface area contributed by atoms with Crippen molar-refractivity contribution >= 4 is 22.7 Å². The molecule has 0 aliphatic rings. The molecule has 0 saturated heterocycles. The molecule has 0 saturated carbocycles. The van der Waals surface area contributed by atoms with E-state index in [2.05, 4.69) is 18.8 Å². The second-order valence-electron chi connectivity index (χ2n) is 5.42. The van der Waals surface area contributed by atoms with E-state index >= 15 is 0 Å². The van der Waals surface area contributed by atoms with Gasteiger partial charge in [0.05, 0.1) is 23.7 Å². The molecule has 0 aliphatic heterocycles. The third kappa shape index (κ3) is 3.10. The SMILES string of the molecule is COc1ccc(-n2c(SC(C)C)nc3ccccc3c2=O)cc1. The third-order valence-electron chi connectivity index (χ3n) is 3.42. The van der Waals surface area contributed by atoms with Gasteiger partial charge in [0, 0.05) is 5.25 Å². The van der Waals surface area contributed by atoms with Crippen LogP contribution in [0.5, 0.6) is 5.75 Å². The van der Waals surface area contributed by atoms with Crippen molar-refractivity contribution in [2.24, 2.45) is 0 Å². The van der Waals surface area contributed by atoms with Crippen molar-refractivity contribution in [2.45, 2.75) is 24.3 Å². The molecule has 0 radical (unpaired) electrons. The number of fused-ring (bicyclic) bond motifs is 1. The van der Waals surface area contributed by atoms with E-state index in [0.717, 1.165) is 17.0 Å². The molecule has 2 aromatic carbocycles. The second-order valence-corrected chi connectivity index (χ2v) is 6.96. The molecule has 1 heterocycles. The molecule has 3 rings (SSSR count). The van der Waals surface area contributed by atoms with Gasteiger partial charge in [0.25, 0.3) is 5.56 Å². The van der Waals surface area contributed by atoms with Crippen LogP contribution in [0.15, 0.2) is 58.5 Å². The minimum absolute atomic E-state index is 0.0519. The van der Waals surface area contributed by atoms with Crippen molar-refractivity contribution < 1.29 is 4.74 Å². The fourth-order valence-electron chi connectivity index (χ4n) is 2.36. The number of aromatic nitrogens is 2. The van der Waals surface area contributed by atoms with E-state index < -0.39 is 0 Å². The van der Waals surface area contributed by atoms with Gasteiger partial charge in [0.1, 0.15) is 5.75 Å². The van der Waals surface area contributed by atoms with Crippen molar-refractivity contribution in [3.8, 4) is 11.4 Å². The van der Waals surface area contributed by atoms with Crippen molar-refractivity contribution in [1.82, 2.24) is 9.55 Å². The molecule has 4 nitrogen and oxygen atoms in total. The molecule has 0 bridgehead atoms. The summed E-state index contributed by atoms with van der Waals surface area (Å²) in [6.07, 6.45) is 0. The van der Waals surface area contributed by atoms with Crippen LogP contribution in [0, 0.1) is 0 Å². The standard InChI is InChI=1S/C18H18N2O2S/c1-12(2)23-18-19-16-7-5-4-6-15(16)17(21)20(18)13-8-10-14(22-3)11-9-13/h4-12H,1-3H3. The quantitative estimate of drug-likeness (QED) is 0.539. The maximum atomic E-state index is 13.0. The highest BCUT2D eigenvalue weighted by Crippen LogP contribution is 2.25. The topological polar surface area (TPSA) is 44.1 Å². The lowest BCUT2D eigenvalue weighted by Gasteiger charge is -2.14. The van der Waals surface area contributed by atoms with E-state index in [1.54, 1.807) is 23.4 Å². The molecule has 0 amide bonds. The molecule has 0 N–H and O–H groups in total. The van der Waals surface area contributed by atoms with Crippen LogP contribution < -0.4 is 10.3 Å². The Hall–Kier alpha value is -2.27. The predicted octanol–water partition coefficient (Wildman–Crippen LogP) is 3.89. The van der Waals surface area contributed by atoms with Crippen LogP contribution in [0.3, 0.4) is 0 Å². The highest BCUT2D eigenvalue weighted by atomic mass is 32.2. The van der Waals surface area contributed by atoms with Gasteiger partial charge in [-0.3, -0.25) is 9.36 Å². The van der Waals surface area contributed by atoms with Gasteiger partial charge >= 0.3 is 0 Å². The summed E-state index contributed by atoms with van der Waals surface area (Å²) in [4.78, 5) is 17.7. The van der Waals surface area contributed by atoms with Crippen LogP contribution in [0.4, 0.5) is 0 Å². The summed E-state index contributed by atoms with van der Waals surface area (Å²) < 4.78 is 6.87. The molecular formula is C18H18N2O2S. The average molecular weight is 326 g/mol. The minimum Gasteiger partial charge on any atom is -0.497 e. The molecular weight excluding hydrogens is 308 g/mol. The summed E-state index contributed by atoms with van der Waals surface area (Å²) in [5, 5.41) is 1.65. The first kappa shape index (κ1) is 15.6. The first-order valence-electron chi connectivity index (χ1n) is 7.43. The Morgan fingerprint density at radius 1 is 1.09 bits per heavy atom. The summed E-state index contributed by atoms with van der Waals surface area (Å²) in [7, 11) is 1.62. The highest BCUT2D eigenvalue weighted by Gasteiger charge is 2.14. The lowest BCUT2D eigenvalue weighted by Crippen LogP contribution is -2.22. The van der Waals surface area contributed by atoms with Crippen LogP contribution >= 0.6 is 11.8 Å². The Morgan fingerprint density at radius 2 is 1.78 bits per heavy atom. The zero-order valence-corrected chi connectivity index (χ0v) is 14.1. The van der Waals surface area contributed by atoms with E-state index in [-0.39, 0.29) is 5.56 Å². The number of thioether (sulfide) groups is 1. The number of benzene rings is 2. The number of nitrogens with zero attached hydrogens (tertiary/aromatic N) is 2. The molecule has 23 heavy (non-hydrogen) atoms. The smallest absolute Gasteiger partial charge is 0.266 e. The first-order valence-corrected chi connectivity index (χ1v) is 8.31. The lowest BCUT2D eigenvalue weighted by molar-refractivity contribution is 0.414. The molecule has 5 heteroatoms. The second kappa shape index (κ2) is 6.46. The van der Waals surface area contributed by atoms with Gasteiger partial charge in [0.15, 0.2) is 5.16 Å². The van der Waals surface area contributed by atoms with Gasteiger partial charge in [-0.05, 0) is 36.4 Å². The number of para-hydroxylation sites is 1. The maximum Gasteiger partial charge on any atom is 0.266 e. The molecule has 0 unspecified atom stereocenters. The van der Waals surface area contributed by atoms with E-state index in [1.165, 1.54) is 0 Å². The Morgan fingerprint density at radius 3 is 2.43 bits per heavy atom. The maximum absolute atomic E-state index is 13.0. The number of hydrogen-bond donors (Lipinski definition) is 0. The van der Waals surface area contributed by atoms with Crippen molar-refractivity contribution in [3.63, 3.8) is 0 Å². The molecule has 3 aromatic rings. The van der Waals surface area contributed by atoms with Gasteiger partial charge in [-0.15, -0.1) is 0 Å². The predicted molar refractivity (Wildman–Crippen MR) is 94.9 cm³/mol. The molecule has 0 fully saturated rings. The van der Waals surface area contributed by atoms with Crippen LogP contribution in [0.1, 0.15) is 13.8 Å². The van der Waals surface area contributed by atoms with Gasteiger partial charge in [0.2, 0.25) is 0 Å².